The average Bonchev–Trinajstić information content (AvgIpc) is 2.41. The van der Waals surface area contributed by atoms with E-state index in [1.807, 2.05) is 13.8 Å². The lowest BCUT2D eigenvalue weighted by Gasteiger charge is -2.33. The van der Waals surface area contributed by atoms with Gasteiger partial charge in [0.1, 0.15) is 0 Å². The highest BCUT2D eigenvalue weighted by Gasteiger charge is 2.26. The second-order valence-electron chi connectivity index (χ2n) is 5.08. The van der Waals surface area contributed by atoms with E-state index in [2.05, 4.69) is 20.9 Å². The van der Waals surface area contributed by atoms with Crippen molar-refractivity contribution in [1.29, 1.82) is 0 Å². The van der Waals surface area contributed by atoms with Crippen molar-refractivity contribution < 1.29 is 4.79 Å². The summed E-state index contributed by atoms with van der Waals surface area (Å²) >= 11 is 3.23. The first kappa shape index (κ1) is 14.1. The van der Waals surface area contributed by atoms with Gasteiger partial charge in [-0.2, -0.15) is 0 Å². The van der Waals surface area contributed by atoms with E-state index in [9.17, 15) is 9.59 Å². The first-order chi connectivity index (χ1) is 8.91. The van der Waals surface area contributed by atoms with Crippen molar-refractivity contribution >= 4 is 22.0 Å². The van der Waals surface area contributed by atoms with Crippen LogP contribution in [0.3, 0.4) is 0 Å². The number of carbonyl (C=O) groups is 1. The molecule has 104 valence electrons. The van der Waals surface area contributed by atoms with Crippen LogP contribution >= 0.6 is 15.9 Å². The van der Waals surface area contributed by atoms with Gasteiger partial charge < -0.3 is 14.8 Å². The van der Waals surface area contributed by atoms with Crippen LogP contribution in [0.4, 0.5) is 4.79 Å². The molecule has 0 aromatic carbocycles. The van der Waals surface area contributed by atoms with Crippen molar-refractivity contribution in [3.63, 3.8) is 0 Å². The van der Waals surface area contributed by atoms with Crippen molar-refractivity contribution in [2.45, 2.75) is 32.9 Å². The molecule has 6 heteroatoms. The third kappa shape index (κ3) is 2.68. The first-order valence-electron chi connectivity index (χ1n) is 6.32. The van der Waals surface area contributed by atoms with Gasteiger partial charge in [0.05, 0.1) is 11.0 Å². The lowest BCUT2D eigenvalue weighted by atomic mass is 10.1. The van der Waals surface area contributed by atoms with E-state index in [1.54, 1.807) is 23.0 Å². The third-order valence-electron chi connectivity index (χ3n) is 3.56. The largest absolute Gasteiger partial charge is 0.363 e. The molecule has 0 atom stereocenters. The van der Waals surface area contributed by atoms with Gasteiger partial charge >= 0.3 is 6.03 Å². The van der Waals surface area contributed by atoms with E-state index in [0.29, 0.717) is 29.5 Å². The number of urea groups is 1. The topological polar surface area (TPSA) is 56.4 Å². The summed E-state index contributed by atoms with van der Waals surface area (Å²) in [6, 6.07) is 0.120. The zero-order valence-corrected chi connectivity index (χ0v) is 13.0. The van der Waals surface area contributed by atoms with Crippen LogP contribution < -0.4 is 5.43 Å². The molecule has 1 aliphatic rings. The van der Waals surface area contributed by atoms with Gasteiger partial charge in [-0.25, -0.2) is 4.79 Å². The van der Waals surface area contributed by atoms with Gasteiger partial charge in [0.25, 0.3) is 0 Å². The number of halogens is 1. The number of amides is 2. The standard InChI is InChI=1S/C13H18BrN3O2/c1-8(2)16(3)13(19)17-5-4-11-9(7-17)12(18)10(14)6-15-11/h6,8H,4-5,7H2,1-3H3,(H,15,18). The number of fused-ring (bicyclic) bond motifs is 1. The Morgan fingerprint density at radius 2 is 2.21 bits per heavy atom. The number of nitrogens with one attached hydrogen (secondary N) is 1. The number of aromatic nitrogens is 1. The number of hydrogen-bond donors (Lipinski definition) is 1. The zero-order chi connectivity index (χ0) is 14.2. The molecular weight excluding hydrogens is 310 g/mol. The number of pyridine rings is 1. The van der Waals surface area contributed by atoms with Crippen molar-refractivity contribution in [2.75, 3.05) is 13.6 Å². The summed E-state index contributed by atoms with van der Waals surface area (Å²) in [7, 11) is 1.79. The smallest absolute Gasteiger partial charge is 0.320 e. The monoisotopic (exact) mass is 327 g/mol. The van der Waals surface area contributed by atoms with Gasteiger partial charge in [0.15, 0.2) is 0 Å². The summed E-state index contributed by atoms with van der Waals surface area (Å²) in [5.41, 5.74) is 1.59. The van der Waals surface area contributed by atoms with E-state index >= 15 is 0 Å². The molecule has 1 N–H and O–H groups in total. The van der Waals surface area contributed by atoms with Gasteiger partial charge in [-0.15, -0.1) is 0 Å². The second-order valence-corrected chi connectivity index (χ2v) is 5.94. The van der Waals surface area contributed by atoms with Gasteiger partial charge in [0.2, 0.25) is 5.43 Å². The van der Waals surface area contributed by atoms with Crippen LogP contribution in [-0.2, 0) is 13.0 Å². The van der Waals surface area contributed by atoms with E-state index < -0.39 is 0 Å². The maximum atomic E-state index is 12.3. The average molecular weight is 328 g/mol. The summed E-state index contributed by atoms with van der Waals surface area (Å²) < 4.78 is 0.512. The third-order valence-corrected chi connectivity index (χ3v) is 4.14. The van der Waals surface area contributed by atoms with Crippen LogP contribution in [-0.4, -0.2) is 40.4 Å². The molecule has 2 heterocycles. The summed E-state index contributed by atoms with van der Waals surface area (Å²) in [5, 5.41) is 0. The first-order valence-corrected chi connectivity index (χ1v) is 7.11. The predicted molar refractivity (Wildman–Crippen MR) is 77.2 cm³/mol. The molecule has 1 aromatic rings. The van der Waals surface area contributed by atoms with Crippen molar-refractivity contribution in [3.05, 3.63) is 32.2 Å². The van der Waals surface area contributed by atoms with Gasteiger partial charge in [-0.05, 0) is 29.8 Å². The Hall–Kier alpha value is -1.30. The minimum Gasteiger partial charge on any atom is -0.363 e. The summed E-state index contributed by atoms with van der Waals surface area (Å²) in [4.78, 5) is 30.9. The molecule has 1 aromatic heterocycles. The normalized spacial score (nSPS) is 14.5. The van der Waals surface area contributed by atoms with Gasteiger partial charge in [-0.3, -0.25) is 4.79 Å². The molecule has 0 radical (unpaired) electrons. The Labute approximate surface area is 120 Å². The van der Waals surface area contributed by atoms with Crippen molar-refractivity contribution in [2.24, 2.45) is 0 Å². The lowest BCUT2D eigenvalue weighted by Crippen LogP contribution is -2.47. The number of carbonyl (C=O) groups excluding carboxylic acids is 1. The Bertz CT molecular complexity index is 553. The number of hydrogen-bond acceptors (Lipinski definition) is 2. The number of H-pyrrole nitrogens is 1. The summed E-state index contributed by atoms with van der Waals surface area (Å²) in [6.07, 6.45) is 2.36. The maximum Gasteiger partial charge on any atom is 0.320 e. The molecule has 0 fully saturated rings. The highest BCUT2D eigenvalue weighted by Crippen LogP contribution is 2.17. The van der Waals surface area contributed by atoms with Crippen LogP contribution in [0.15, 0.2) is 15.5 Å². The van der Waals surface area contributed by atoms with E-state index in [1.165, 1.54) is 0 Å². The van der Waals surface area contributed by atoms with E-state index in [-0.39, 0.29) is 17.5 Å². The summed E-state index contributed by atoms with van der Waals surface area (Å²) in [5.74, 6) is 0. The molecule has 2 rings (SSSR count). The molecule has 0 aliphatic carbocycles. The molecule has 19 heavy (non-hydrogen) atoms. The Balaban J connectivity index is 2.25. The van der Waals surface area contributed by atoms with Crippen LogP contribution in [0, 0.1) is 0 Å². The zero-order valence-electron chi connectivity index (χ0n) is 11.4. The van der Waals surface area contributed by atoms with Crippen molar-refractivity contribution in [3.8, 4) is 0 Å². The van der Waals surface area contributed by atoms with E-state index in [4.69, 9.17) is 0 Å². The molecule has 0 saturated carbocycles. The fraction of sp³-hybridized carbons (Fsp3) is 0.538. The molecule has 1 aliphatic heterocycles. The molecule has 0 saturated heterocycles. The Morgan fingerprint density at radius 1 is 1.53 bits per heavy atom. The molecular formula is C13H18BrN3O2. The van der Waals surface area contributed by atoms with Crippen LogP contribution in [0.2, 0.25) is 0 Å². The lowest BCUT2D eigenvalue weighted by molar-refractivity contribution is 0.147. The maximum absolute atomic E-state index is 12.3. The molecule has 2 amide bonds. The molecule has 0 spiro atoms. The Kier molecular flexibility index (Phi) is 3.99. The van der Waals surface area contributed by atoms with Crippen molar-refractivity contribution in [1.82, 2.24) is 14.8 Å². The van der Waals surface area contributed by atoms with Crippen LogP contribution in [0.1, 0.15) is 25.1 Å². The van der Waals surface area contributed by atoms with Gasteiger partial charge in [0, 0.05) is 43.5 Å². The second kappa shape index (κ2) is 5.36. The molecule has 0 unspecified atom stereocenters. The highest BCUT2D eigenvalue weighted by molar-refractivity contribution is 9.10. The summed E-state index contributed by atoms with van der Waals surface area (Å²) in [6.45, 7) is 4.96. The predicted octanol–water partition coefficient (Wildman–Crippen LogP) is 1.96. The quantitative estimate of drug-likeness (QED) is 0.857. The SMILES string of the molecule is CC(C)N(C)C(=O)N1CCc2[nH]cc(Br)c(=O)c2C1. The van der Waals surface area contributed by atoms with Crippen LogP contribution in [0.25, 0.3) is 0 Å². The van der Waals surface area contributed by atoms with E-state index in [0.717, 1.165) is 5.69 Å². The number of rotatable bonds is 1. The van der Waals surface area contributed by atoms with Crippen LogP contribution in [0.5, 0.6) is 0 Å². The fourth-order valence-electron chi connectivity index (χ4n) is 2.10. The number of aromatic amines is 1. The van der Waals surface area contributed by atoms with Gasteiger partial charge in [-0.1, -0.05) is 0 Å². The number of nitrogens with zero attached hydrogens (tertiary/aromatic N) is 2. The Morgan fingerprint density at radius 3 is 2.84 bits per heavy atom. The molecule has 5 nitrogen and oxygen atoms in total. The minimum absolute atomic E-state index is 0.0278. The fourth-order valence-corrected chi connectivity index (χ4v) is 2.45. The molecule has 0 bridgehead atoms. The highest BCUT2D eigenvalue weighted by atomic mass is 79.9. The minimum atomic E-state index is -0.0292.